The molecule has 0 saturated carbocycles. The van der Waals surface area contributed by atoms with E-state index < -0.39 is 10.0 Å². The molecule has 0 radical (unpaired) electrons. The van der Waals surface area contributed by atoms with Crippen LogP contribution in [-0.4, -0.2) is 52.2 Å². The Morgan fingerprint density at radius 2 is 1.82 bits per heavy atom. The van der Waals surface area contributed by atoms with Gasteiger partial charge in [-0.1, -0.05) is 0 Å². The first-order chi connectivity index (χ1) is 13.3. The average Bonchev–Trinajstić information content (AvgIpc) is 2.67. The molecule has 0 atom stereocenters. The third-order valence-corrected chi connectivity index (χ3v) is 6.55. The smallest absolute Gasteiger partial charge is 0.242 e. The molecule has 0 unspecified atom stereocenters. The monoisotopic (exact) mass is 424 g/mol. The molecule has 2 rings (SSSR count). The van der Waals surface area contributed by atoms with E-state index in [1.165, 1.54) is 51.2 Å². The molecule has 152 valence electrons. The van der Waals surface area contributed by atoms with E-state index in [-0.39, 0.29) is 16.6 Å². The molecule has 0 aromatic heterocycles. The topological polar surface area (TPSA) is 84.9 Å². The van der Waals surface area contributed by atoms with Crippen LogP contribution in [0.15, 0.2) is 52.3 Å². The van der Waals surface area contributed by atoms with Crippen LogP contribution in [-0.2, 0) is 14.8 Å². The normalized spacial score (nSPS) is 11.3. The average molecular weight is 425 g/mol. The maximum absolute atomic E-state index is 12.3. The van der Waals surface area contributed by atoms with Crippen molar-refractivity contribution in [3.8, 4) is 11.5 Å². The lowest BCUT2D eigenvalue weighted by Crippen LogP contribution is -2.22. The van der Waals surface area contributed by atoms with Crippen molar-refractivity contribution in [3.05, 3.63) is 42.5 Å². The molecular weight excluding hydrogens is 400 g/mol. The first-order valence-corrected chi connectivity index (χ1v) is 11.0. The number of benzene rings is 2. The van der Waals surface area contributed by atoms with Crippen molar-refractivity contribution in [2.75, 3.05) is 38.9 Å². The third-order valence-electron chi connectivity index (χ3n) is 3.73. The Kier molecular flexibility index (Phi) is 7.73. The van der Waals surface area contributed by atoms with Crippen LogP contribution in [0.2, 0.25) is 0 Å². The number of amides is 1. The summed E-state index contributed by atoms with van der Waals surface area (Å²) in [7, 11) is 0.743. The molecule has 0 aliphatic rings. The number of ether oxygens (including phenoxy) is 2. The van der Waals surface area contributed by atoms with Gasteiger partial charge in [0, 0.05) is 19.0 Å². The van der Waals surface area contributed by atoms with E-state index in [9.17, 15) is 13.2 Å². The molecular formula is C19H24N2O5S2. The van der Waals surface area contributed by atoms with Gasteiger partial charge in [0.05, 0.1) is 30.1 Å². The minimum atomic E-state index is -3.61. The van der Waals surface area contributed by atoms with Crippen LogP contribution in [0.5, 0.6) is 11.5 Å². The summed E-state index contributed by atoms with van der Waals surface area (Å²) in [5, 5.41) is 2.72. The van der Waals surface area contributed by atoms with Crippen molar-refractivity contribution in [3.63, 3.8) is 0 Å². The largest absolute Gasteiger partial charge is 0.495 e. The third kappa shape index (κ3) is 5.63. The Morgan fingerprint density at radius 1 is 1.14 bits per heavy atom. The highest BCUT2D eigenvalue weighted by atomic mass is 32.2. The second kappa shape index (κ2) is 9.81. The molecule has 0 aliphatic carbocycles. The van der Waals surface area contributed by atoms with E-state index in [2.05, 4.69) is 5.32 Å². The lowest BCUT2D eigenvalue weighted by molar-refractivity contribution is -0.113. The highest BCUT2D eigenvalue weighted by Gasteiger charge is 2.19. The van der Waals surface area contributed by atoms with E-state index in [1.807, 2.05) is 31.2 Å². The first kappa shape index (κ1) is 22.1. The summed E-state index contributed by atoms with van der Waals surface area (Å²) in [6.45, 7) is 2.51. The number of carbonyl (C=O) groups excluding carboxylic acids is 1. The van der Waals surface area contributed by atoms with E-state index in [0.29, 0.717) is 18.0 Å². The van der Waals surface area contributed by atoms with Crippen LogP contribution in [0.4, 0.5) is 5.69 Å². The maximum Gasteiger partial charge on any atom is 0.242 e. The predicted molar refractivity (Wildman–Crippen MR) is 111 cm³/mol. The van der Waals surface area contributed by atoms with Crippen LogP contribution in [0, 0.1) is 0 Å². The highest BCUT2D eigenvalue weighted by Crippen LogP contribution is 2.29. The Balaban J connectivity index is 2.08. The van der Waals surface area contributed by atoms with Gasteiger partial charge in [-0.25, -0.2) is 12.7 Å². The Bertz CT molecular complexity index is 912. The number of nitrogens with zero attached hydrogens (tertiary/aromatic N) is 1. The minimum Gasteiger partial charge on any atom is -0.495 e. The van der Waals surface area contributed by atoms with Crippen LogP contribution in [0.25, 0.3) is 0 Å². The molecule has 1 N–H and O–H groups in total. The first-order valence-electron chi connectivity index (χ1n) is 8.54. The SMILES string of the molecule is CCOc1ccc(SCC(=O)Nc2cc(S(=O)(=O)N(C)C)ccc2OC)cc1. The van der Waals surface area contributed by atoms with Gasteiger partial charge in [-0.3, -0.25) is 4.79 Å². The maximum atomic E-state index is 12.3. The van der Waals surface area contributed by atoms with Gasteiger partial charge < -0.3 is 14.8 Å². The Hall–Kier alpha value is -2.23. The summed E-state index contributed by atoms with van der Waals surface area (Å²) in [6.07, 6.45) is 0. The van der Waals surface area contributed by atoms with E-state index >= 15 is 0 Å². The molecule has 9 heteroatoms. The fourth-order valence-electron chi connectivity index (χ4n) is 2.29. The summed E-state index contributed by atoms with van der Waals surface area (Å²) in [6, 6.07) is 11.8. The zero-order valence-corrected chi connectivity index (χ0v) is 17.9. The molecule has 2 aromatic carbocycles. The van der Waals surface area contributed by atoms with Crippen molar-refractivity contribution in [2.45, 2.75) is 16.7 Å². The minimum absolute atomic E-state index is 0.0766. The van der Waals surface area contributed by atoms with Crippen molar-refractivity contribution in [1.82, 2.24) is 4.31 Å². The van der Waals surface area contributed by atoms with Crippen molar-refractivity contribution in [2.24, 2.45) is 0 Å². The number of hydrogen-bond donors (Lipinski definition) is 1. The molecule has 0 heterocycles. The van der Waals surface area contributed by atoms with Crippen molar-refractivity contribution in [1.29, 1.82) is 0 Å². The molecule has 1 amide bonds. The van der Waals surface area contributed by atoms with Gasteiger partial charge in [0.2, 0.25) is 15.9 Å². The van der Waals surface area contributed by atoms with Crippen LogP contribution in [0.3, 0.4) is 0 Å². The molecule has 0 spiro atoms. The second-order valence-electron chi connectivity index (χ2n) is 5.89. The molecule has 0 fully saturated rings. The predicted octanol–water partition coefficient (Wildman–Crippen LogP) is 3.08. The Labute approximate surface area is 170 Å². The van der Waals surface area contributed by atoms with Gasteiger partial charge in [0.15, 0.2) is 0 Å². The zero-order valence-electron chi connectivity index (χ0n) is 16.3. The fourth-order valence-corrected chi connectivity index (χ4v) is 3.92. The number of thioether (sulfide) groups is 1. The summed E-state index contributed by atoms with van der Waals surface area (Å²) < 4.78 is 36.4. The van der Waals surface area contributed by atoms with Gasteiger partial charge in [-0.15, -0.1) is 11.8 Å². The van der Waals surface area contributed by atoms with E-state index in [4.69, 9.17) is 9.47 Å². The number of nitrogens with one attached hydrogen (secondary N) is 1. The number of rotatable bonds is 9. The van der Waals surface area contributed by atoms with Gasteiger partial charge in [-0.2, -0.15) is 0 Å². The standard InChI is InChI=1S/C19H24N2O5S2/c1-5-26-14-6-8-15(9-7-14)27-13-19(22)20-17-12-16(10-11-18(17)25-4)28(23,24)21(2)3/h6-12H,5,13H2,1-4H3,(H,20,22). The van der Waals surface area contributed by atoms with Gasteiger partial charge in [0.1, 0.15) is 11.5 Å². The van der Waals surface area contributed by atoms with Crippen LogP contribution < -0.4 is 14.8 Å². The van der Waals surface area contributed by atoms with Crippen molar-refractivity contribution < 1.29 is 22.7 Å². The zero-order chi connectivity index (χ0) is 20.7. The number of sulfonamides is 1. The van der Waals surface area contributed by atoms with Gasteiger partial charge in [0.25, 0.3) is 0 Å². The van der Waals surface area contributed by atoms with E-state index in [1.54, 1.807) is 0 Å². The molecule has 2 aromatic rings. The number of methoxy groups -OCH3 is 1. The lowest BCUT2D eigenvalue weighted by atomic mass is 10.3. The summed E-state index contributed by atoms with van der Waals surface area (Å²) in [5.74, 6) is 1.07. The lowest BCUT2D eigenvalue weighted by Gasteiger charge is -2.15. The quantitative estimate of drug-likeness (QED) is 0.623. The van der Waals surface area contributed by atoms with Gasteiger partial charge in [-0.05, 0) is 49.4 Å². The summed E-state index contributed by atoms with van der Waals surface area (Å²) in [5.41, 5.74) is 0.308. The van der Waals surface area contributed by atoms with Crippen LogP contribution in [0.1, 0.15) is 6.92 Å². The molecule has 0 saturated heterocycles. The number of carbonyl (C=O) groups is 1. The van der Waals surface area contributed by atoms with E-state index in [0.717, 1.165) is 15.0 Å². The molecule has 28 heavy (non-hydrogen) atoms. The number of anilines is 1. The Morgan fingerprint density at radius 3 is 2.39 bits per heavy atom. The molecule has 0 aliphatic heterocycles. The highest BCUT2D eigenvalue weighted by molar-refractivity contribution is 8.00. The summed E-state index contributed by atoms with van der Waals surface area (Å²) >= 11 is 1.37. The second-order valence-corrected chi connectivity index (χ2v) is 9.09. The number of hydrogen-bond acceptors (Lipinski definition) is 6. The van der Waals surface area contributed by atoms with Crippen LogP contribution >= 0.6 is 11.8 Å². The fraction of sp³-hybridized carbons (Fsp3) is 0.316. The summed E-state index contributed by atoms with van der Waals surface area (Å²) in [4.78, 5) is 13.3. The molecule has 0 bridgehead atoms. The van der Waals surface area contributed by atoms with Gasteiger partial charge >= 0.3 is 0 Å². The molecule has 7 nitrogen and oxygen atoms in total. The van der Waals surface area contributed by atoms with Crippen molar-refractivity contribution >= 4 is 33.4 Å².